The minimum absolute atomic E-state index is 0.156. The minimum atomic E-state index is -4.53. The molecule has 28 heavy (non-hydrogen) atoms. The molecular weight excluding hydrogens is 381 g/mol. The molecule has 1 unspecified atom stereocenters. The fourth-order valence-electron chi connectivity index (χ4n) is 3.26. The van der Waals surface area contributed by atoms with Crippen LogP contribution in [0.3, 0.4) is 0 Å². The third-order valence-electron chi connectivity index (χ3n) is 4.60. The summed E-state index contributed by atoms with van der Waals surface area (Å²) in [5, 5.41) is 15.0. The molecule has 0 aliphatic carbocycles. The summed E-state index contributed by atoms with van der Waals surface area (Å²) in [7, 11) is 1.20. The van der Waals surface area contributed by atoms with E-state index >= 15 is 0 Å². The van der Waals surface area contributed by atoms with Crippen LogP contribution in [0, 0.1) is 10.1 Å². The second-order valence-electron chi connectivity index (χ2n) is 6.37. The van der Waals surface area contributed by atoms with Gasteiger partial charge in [0.15, 0.2) is 5.69 Å². The lowest BCUT2D eigenvalue weighted by Crippen LogP contribution is -2.37. The normalized spacial score (nSPS) is 17.4. The van der Waals surface area contributed by atoms with Gasteiger partial charge in [-0.15, -0.1) is 0 Å². The molecule has 1 fully saturated rings. The highest BCUT2D eigenvalue weighted by Gasteiger charge is 2.35. The van der Waals surface area contributed by atoms with Gasteiger partial charge in [0.25, 0.3) is 5.69 Å². The van der Waals surface area contributed by atoms with Gasteiger partial charge in [-0.1, -0.05) is 0 Å². The summed E-state index contributed by atoms with van der Waals surface area (Å²) >= 11 is 0. The maximum absolute atomic E-state index is 12.8. The van der Waals surface area contributed by atoms with Gasteiger partial charge in [-0.3, -0.25) is 14.8 Å². The molecule has 2 aromatic rings. The number of alkyl halides is 3. The molecule has 1 aromatic heterocycles. The number of methoxy groups -OCH3 is 1. The summed E-state index contributed by atoms with van der Waals surface area (Å²) in [6.45, 7) is 0.694. The Morgan fingerprint density at radius 1 is 1.36 bits per heavy atom. The van der Waals surface area contributed by atoms with Crippen LogP contribution in [0.5, 0.6) is 0 Å². The lowest BCUT2D eigenvalue weighted by molar-refractivity contribution is -0.384. The molecule has 0 radical (unpaired) electrons. The van der Waals surface area contributed by atoms with Crippen molar-refractivity contribution in [2.75, 3.05) is 25.1 Å². The molecule has 0 amide bonds. The summed E-state index contributed by atoms with van der Waals surface area (Å²) < 4.78 is 44.3. The van der Waals surface area contributed by atoms with Gasteiger partial charge < -0.3 is 9.64 Å². The van der Waals surface area contributed by atoms with Crippen LogP contribution in [-0.4, -0.2) is 40.9 Å². The summed E-state index contributed by atoms with van der Waals surface area (Å²) in [6, 6.07) is 4.42. The number of nitro benzene ring substituents is 1. The maximum atomic E-state index is 12.8. The van der Waals surface area contributed by atoms with Gasteiger partial charge >= 0.3 is 12.1 Å². The van der Waals surface area contributed by atoms with Crippen LogP contribution in [0.4, 0.5) is 24.5 Å². The van der Waals surface area contributed by atoms with E-state index in [2.05, 4.69) is 9.84 Å². The zero-order valence-corrected chi connectivity index (χ0v) is 14.8. The average Bonchev–Trinajstić information content (AvgIpc) is 3.17. The lowest BCUT2D eigenvalue weighted by atomic mass is 10.0. The molecular formula is C17H17F3N4O4. The third-order valence-corrected chi connectivity index (χ3v) is 4.60. The molecule has 0 spiro atoms. The Labute approximate surface area is 157 Å². The number of nitrogens with zero attached hydrogens (tertiary/aromatic N) is 4. The molecule has 1 aromatic carbocycles. The molecule has 1 aliphatic heterocycles. The number of nitro groups is 1. The van der Waals surface area contributed by atoms with Crippen LogP contribution in [0.15, 0.2) is 30.5 Å². The second kappa shape index (κ2) is 7.49. The smallest absolute Gasteiger partial charge is 0.435 e. The monoisotopic (exact) mass is 398 g/mol. The van der Waals surface area contributed by atoms with E-state index in [4.69, 9.17) is 0 Å². The topological polar surface area (TPSA) is 90.5 Å². The van der Waals surface area contributed by atoms with Gasteiger partial charge in [-0.2, -0.15) is 18.3 Å². The van der Waals surface area contributed by atoms with E-state index in [1.165, 1.54) is 36.2 Å². The van der Waals surface area contributed by atoms with Gasteiger partial charge in [-0.25, -0.2) is 4.79 Å². The number of anilines is 1. The second-order valence-corrected chi connectivity index (χ2v) is 6.37. The Morgan fingerprint density at radius 2 is 2.11 bits per heavy atom. The van der Waals surface area contributed by atoms with E-state index in [0.29, 0.717) is 19.4 Å². The largest absolute Gasteiger partial charge is 0.465 e. The first-order valence-corrected chi connectivity index (χ1v) is 8.44. The quantitative estimate of drug-likeness (QED) is 0.445. The number of esters is 1. The summed E-state index contributed by atoms with van der Waals surface area (Å²) in [4.78, 5) is 24.3. The van der Waals surface area contributed by atoms with Gasteiger partial charge in [-0.05, 0) is 31.0 Å². The van der Waals surface area contributed by atoms with Gasteiger partial charge in [0.2, 0.25) is 0 Å². The predicted molar refractivity (Wildman–Crippen MR) is 92.1 cm³/mol. The number of carbonyl (C=O) groups excluding carboxylic acids is 1. The van der Waals surface area contributed by atoms with Crippen LogP contribution in [-0.2, 0) is 10.9 Å². The SMILES string of the molecule is COC(=O)c1ccc([N+](=O)[O-])c(N2CCCC(n3ccc(C(F)(F)F)n3)C2)c1. The van der Waals surface area contributed by atoms with Crippen LogP contribution >= 0.6 is 0 Å². The number of carbonyl (C=O) groups is 1. The minimum Gasteiger partial charge on any atom is -0.465 e. The molecule has 150 valence electrons. The average molecular weight is 398 g/mol. The van der Waals surface area contributed by atoms with Crippen LogP contribution in [0.25, 0.3) is 0 Å². The number of hydrogen-bond acceptors (Lipinski definition) is 6. The van der Waals surface area contributed by atoms with Crippen molar-refractivity contribution in [1.29, 1.82) is 0 Å². The van der Waals surface area contributed by atoms with E-state index in [9.17, 15) is 28.1 Å². The highest BCUT2D eigenvalue weighted by Crippen LogP contribution is 2.34. The van der Waals surface area contributed by atoms with E-state index in [0.717, 1.165) is 6.07 Å². The van der Waals surface area contributed by atoms with Crippen molar-refractivity contribution >= 4 is 17.3 Å². The molecule has 0 bridgehead atoms. The third kappa shape index (κ3) is 3.92. The van der Waals surface area contributed by atoms with Crippen molar-refractivity contribution < 1.29 is 27.6 Å². The molecule has 2 heterocycles. The van der Waals surface area contributed by atoms with Crippen molar-refractivity contribution in [1.82, 2.24) is 9.78 Å². The number of hydrogen-bond donors (Lipinski definition) is 0. The van der Waals surface area contributed by atoms with Crippen LogP contribution in [0.2, 0.25) is 0 Å². The van der Waals surface area contributed by atoms with Crippen molar-refractivity contribution in [3.8, 4) is 0 Å². The molecule has 3 rings (SSSR count). The maximum Gasteiger partial charge on any atom is 0.435 e. The Hall–Kier alpha value is -3.11. The molecule has 8 nitrogen and oxygen atoms in total. The van der Waals surface area contributed by atoms with E-state index < -0.39 is 22.8 Å². The molecule has 0 saturated carbocycles. The van der Waals surface area contributed by atoms with Gasteiger partial charge in [0.05, 0.1) is 23.6 Å². The van der Waals surface area contributed by atoms with Gasteiger partial charge in [0, 0.05) is 25.4 Å². The number of rotatable bonds is 4. The van der Waals surface area contributed by atoms with E-state index in [1.807, 2.05) is 0 Å². The number of ether oxygens (including phenoxy) is 1. The standard InChI is InChI=1S/C17H17F3N4O4/c1-28-16(25)11-4-5-13(24(26)27)14(9-11)22-7-2-3-12(10-22)23-8-6-15(21-23)17(18,19)20/h4-6,8-9,12H,2-3,7,10H2,1H3. The first kappa shape index (κ1) is 19.6. The highest BCUT2D eigenvalue weighted by atomic mass is 19.4. The summed E-state index contributed by atoms with van der Waals surface area (Å²) in [5.74, 6) is -0.633. The first-order valence-electron chi connectivity index (χ1n) is 8.44. The Kier molecular flexibility index (Phi) is 5.25. The molecule has 1 atom stereocenters. The number of aromatic nitrogens is 2. The van der Waals surface area contributed by atoms with Crippen molar-refractivity contribution in [3.63, 3.8) is 0 Å². The molecule has 0 N–H and O–H groups in total. The lowest BCUT2D eigenvalue weighted by Gasteiger charge is -2.34. The predicted octanol–water partition coefficient (Wildman–Crippen LogP) is 3.44. The van der Waals surface area contributed by atoms with Gasteiger partial charge in [0.1, 0.15) is 5.69 Å². The number of benzene rings is 1. The van der Waals surface area contributed by atoms with Crippen molar-refractivity contribution in [3.05, 3.63) is 51.8 Å². The van der Waals surface area contributed by atoms with Crippen LogP contribution < -0.4 is 4.90 Å². The zero-order chi connectivity index (χ0) is 20.5. The fourth-order valence-corrected chi connectivity index (χ4v) is 3.26. The summed E-state index contributed by atoms with van der Waals surface area (Å²) in [6.07, 6.45) is -2.09. The Balaban J connectivity index is 1.90. The Bertz CT molecular complexity index is 897. The van der Waals surface area contributed by atoms with E-state index in [1.54, 1.807) is 4.90 Å². The summed E-state index contributed by atoms with van der Waals surface area (Å²) in [5.41, 5.74) is -0.794. The first-order chi connectivity index (χ1) is 13.2. The molecule has 1 saturated heterocycles. The number of halogens is 3. The molecule has 1 aliphatic rings. The van der Waals surface area contributed by atoms with E-state index in [-0.39, 0.29) is 29.5 Å². The zero-order valence-electron chi connectivity index (χ0n) is 14.8. The molecule has 11 heteroatoms. The van der Waals surface area contributed by atoms with Crippen LogP contribution in [0.1, 0.15) is 34.9 Å². The Morgan fingerprint density at radius 3 is 2.71 bits per heavy atom. The van der Waals surface area contributed by atoms with Crippen molar-refractivity contribution in [2.45, 2.75) is 25.1 Å². The highest BCUT2D eigenvalue weighted by molar-refractivity contribution is 5.91. The fraction of sp³-hybridized carbons (Fsp3) is 0.412. The number of piperidine rings is 1. The van der Waals surface area contributed by atoms with Crippen molar-refractivity contribution in [2.24, 2.45) is 0 Å².